The van der Waals surface area contributed by atoms with E-state index < -0.39 is 0 Å². The molecule has 1 aliphatic carbocycles. The fourth-order valence-corrected chi connectivity index (χ4v) is 4.59. The van der Waals surface area contributed by atoms with Crippen molar-refractivity contribution in [1.82, 2.24) is 0 Å². The van der Waals surface area contributed by atoms with Gasteiger partial charge in [-0.05, 0) is 43.0 Å². The van der Waals surface area contributed by atoms with Crippen molar-refractivity contribution in [3.8, 4) is 0 Å². The molecule has 1 saturated heterocycles. The molecule has 1 amide bonds. The molecular formula is C24H32N3O+. The van der Waals surface area contributed by atoms with Gasteiger partial charge in [0.05, 0.1) is 26.2 Å². The van der Waals surface area contributed by atoms with Crippen LogP contribution in [0.5, 0.6) is 0 Å². The van der Waals surface area contributed by atoms with Crippen LogP contribution in [0.15, 0.2) is 54.6 Å². The summed E-state index contributed by atoms with van der Waals surface area (Å²) in [5.41, 5.74) is 3.59. The van der Waals surface area contributed by atoms with Crippen LogP contribution in [0.2, 0.25) is 0 Å². The van der Waals surface area contributed by atoms with Gasteiger partial charge in [-0.2, -0.15) is 0 Å². The Morgan fingerprint density at radius 3 is 2.32 bits per heavy atom. The first-order chi connectivity index (χ1) is 13.8. The number of hydrogen-bond donors (Lipinski definition) is 2. The zero-order valence-electron chi connectivity index (χ0n) is 16.7. The van der Waals surface area contributed by atoms with E-state index in [2.05, 4.69) is 52.7 Å². The number of quaternary nitrogens is 1. The second kappa shape index (κ2) is 9.24. The molecule has 1 aliphatic heterocycles. The van der Waals surface area contributed by atoms with Crippen LogP contribution in [0.4, 0.5) is 11.4 Å². The highest BCUT2D eigenvalue weighted by Gasteiger charge is 2.21. The molecule has 4 heteroatoms. The van der Waals surface area contributed by atoms with Crippen LogP contribution >= 0.6 is 0 Å². The summed E-state index contributed by atoms with van der Waals surface area (Å²) in [6, 6.07) is 19.2. The lowest BCUT2D eigenvalue weighted by atomic mass is 10.0. The summed E-state index contributed by atoms with van der Waals surface area (Å²) >= 11 is 0. The van der Waals surface area contributed by atoms with Crippen molar-refractivity contribution in [2.45, 2.75) is 38.6 Å². The topological polar surface area (TPSA) is 36.8 Å². The second-order valence-electron chi connectivity index (χ2n) is 8.35. The Kier molecular flexibility index (Phi) is 6.27. The molecule has 4 rings (SSSR count). The van der Waals surface area contributed by atoms with Gasteiger partial charge in [0.2, 0.25) is 5.91 Å². The number of anilines is 2. The van der Waals surface area contributed by atoms with Crippen molar-refractivity contribution < 1.29 is 9.69 Å². The lowest BCUT2D eigenvalue weighted by Gasteiger charge is -2.33. The number of hydrogen-bond acceptors (Lipinski definition) is 2. The Hall–Kier alpha value is -2.33. The van der Waals surface area contributed by atoms with E-state index >= 15 is 0 Å². The summed E-state index contributed by atoms with van der Waals surface area (Å²) in [4.78, 5) is 16.3. The molecule has 2 fully saturated rings. The Morgan fingerprint density at radius 1 is 0.964 bits per heavy atom. The zero-order chi connectivity index (χ0) is 19.2. The predicted molar refractivity (Wildman–Crippen MR) is 115 cm³/mol. The Morgan fingerprint density at radius 2 is 1.64 bits per heavy atom. The summed E-state index contributed by atoms with van der Waals surface area (Å²) in [6.07, 6.45) is 5.67. The maximum Gasteiger partial charge on any atom is 0.224 e. The smallest absolute Gasteiger partial charge is 0.224 e. The lowest BCUT2D eigenvalue weighted by molar-refractivity contribution is -0.914. The highest BCUT2D eigenvalue weighted by molar-refractivity contribution is 5.91. The van der Waals surface area contributed by atoms with Crippen LogP contribution in [-0.2, 0) is 11.3 Å². The molecule has 2 N–H and O–H groups in total. The maximum atomic E-state index is 12.2. The third kappa shape index (κ3) is 5.14. The molecule has 0 aromatic heterocycles. The number of nitrogens with zero attached hydrogens (tertiary/aromatic N) is 1. The van der Waals surface area contributed by atoms with Gasteiger partial charge < -0.3 is 15.1 Å². The van der Waals surface area contributed by atoms with Crippen LogP contribution in [0.1, 0.15) is 37.7 Å². The van der Waals surface area contributed by atoms with Gasteiger partial charge in [-0.25, -0.2) is 0 Å². The fourth-order valence-electron chi connectivity index (χ4n) is 4.59. The van der Waals surface area contributed by atoms with Crippen LogP contribution in [-0.4, -0.2) is 32.1 Å². The minimum Gasteiger partial charge on any atom is -0.360 e. The molecule has 2 aromatic rings. The van der Waals surface area contributed by atoms with Gasteiger partial charge >= 0.3 is 0 Å². The van der Waals surface area contributed by atoms with Gasteiger partial charge in [0.25, 0.3) is 0 Å². The quantitative estimate of drug-likeness (QED) is 0.810. The van der Waals surface area contributed by atoms with Crippen LogP contribution in [0, 0.1) is 5.92 Å². The summed E-state index contributed by atoms with van der Waals surface area (Å²) in [6.45, 7) is 5.59. The number of nitrogens with one attached hydrogen (secondary N) is 2. The molecule has 2 aromatic carbocycles. The summed E-state index contributed by atoms with van der Waals surface area (Å²) in [5.74, 6) is 0.756. The molecular weight excluding hydrogens is 346 g/mol. The van der Waals surface area contributed by atoms with Gasteiger partial charge in [0.15, 0.2) is 0 Å². The normalized spacial score (nSPS) is 18.4. The maximum absolute atomic E-state index is 12.2. The molecule has 148 valence electrons. The van der Waals surface area contributed by atoms with Gasteiger partial charge in [-0.3, -0.25) is 4.79 Å². The molecule has 1 heterocycles. The van der Waals surface area contributed by atoms with Gasteiger partial charge in [-0.15, -0.1) is 0 Å². The third-order valence-electron chi connectivity index (χ3n) is 6.23. The van der Waals surface area contributed by atoms with E-state index in [0.29, 0.717) is 12.3 Å². The van der Waals surface area contributed by atoms with Crippen molar-refractivity contribution in [2.24, 2.45) is 5.92 Å². The van der Waals surface area contributed by atoms with Crippen LogP contribution < -0.4 is 15.1 Å². The van der Waals surface area contributed by atoms with E-state index in [9.17, 15) is 4.79 Å². The fraction of sp³-hybridized carbons (Fsp3) is 0.458. The largest absolute Gasteiger partial charge is 0.360 e. The summed E-state index contributed by atoms with van der Waals surface area (Å²) in [7, 11) is 0. The third-order valence-corrected chi connectivity index (χ3v) is 6.23. The van der Waals surface area contributed by atoms with E-state index in [0.717, 1.165) is 38.4 Å². The SMILES string of the molecule is O=C(CC1CCCC1)Nc1ccc(N2CC[NH+](Cc3ccccc3)CC2)cc1. The molecule has 2 aliphatic rings. The van der Waals surface area contributed by atoms with Gasteiger partial charge in [0, 0.05) is 23.4 Å². The monoisotopic (exact) mass is 378 g/mol. The average molecular weight is 379 g/mol. The van der Waals surface area contributed by atoms with Crippen molar-refractivity contribution in [2.75, 3.05) is 36.4 Å². The van der Waals surface area contributed by atoms with Crippen molar-refractivity contribution in [1.29, 1.82) is 0 Å². The van der Waals surface area contributed by atoms with E-state index in [1.54, 1.807) is 4.90 Å². The standard InChI is InChI=1S/C24H31N3O/c28-24(18-20-6-4-5-7-20)25-22-10-12-23(13-11-22)27-16-14-26(15-17-27)19-21-8-2-1-3-9-21/h1-3,8-13,20H,4-7,14-19H2,(H,25,28)/p+1. The van der Waals surface area contributed by atoms with E-state index in [1.807, 2.05) is 12.1 Å². The van der Waals surface area contributed by atoms with E-state index in [1.165, 1.54) is 36.9 Å². The van der Waals surface area contributed by atoms with E-state index in [4.69, 9.17) is 0 Å². The zero-order valence-corrected chi connectivity index (χ0v) is 16.7. The van der Waals surface area contributed by atoms with Crippen LogP contribution in [0.25, 0.3) is 0 Å². The minimum absolute atomic E-state index is 0.165. The summed E-state index contributed by atoms with van der Waals surface area (Å²) in [5, 5.41) is 3.07. The Balaban J connectivity index is 1.24. The average Bonchev–Trinajstić information content (AvgIpc) is 3.23. The molecule has 0 radical (unpaired) electrons. The molecule has 4 nitrogen and oxygen atoms in total. The summed E-state index contributed by atoms with van der Waals surface area (Å²) < 4.78 is 0. The minimum atomic E-state index is 0.165. The highest BCUT2D eigenvalue weighted by atomic mass is 16.1. The molecule has 0 spiro atoms. The lowest BCUT2D eigenvalue weighted by Crippen LogP contribution is -3.13. The number of amides is 1. The number of rotatable bonds is 6. The first-order valence-electron chi connectivity index (χ1n) is 10.8. The van der Waals surface area contributed by atoms with Gasteiger partial charge in [-0.1, -0.05) is 43.2 Å². The van der Waals surface area contributed by atoms with Crippen LogP contribution in [0.3, 0.4) is 0 Å². The van der Waals surface area contributed by atoms with Crippen molar-refractivity contribution in [3.05, 3.63) is 60.2 Å². The molecule has 0 atom stereocenters. The first kappa shape index (κ1) is 19.0. The molecule has 1 saturated carbocycles. The Bertz CT molecular complexity index is 745. The first-order valence-corrected chi connectivity index (χ1v) is 10.8. The highest BCUT2D eigenvalue weighted by Crippen LogP contribution is 2.28. The molecule has 0 unspecified atom stereocenters. The predicted octanol–water partition coefficient (Wildman–Crippen LogP) is 3.11. The molecule has 28 heavy (non-hydrogen) atoms. The number of carbonyl (C=O) groups excluding carboxylic acids is 1. The number of carbonyl (C=O) groups is 1. The van der Waals surface area contributed by atoms with Gasteiger partial charge in [0.1, 0.15) is 6.54 Å². The van der Waals surface area contributed by atoms with Crippen molar-refractivity contribution >= 4 is 17.3 Å². The number of benzene rings is 2. The van der Waals surface area contributed by atoms with Crippen molar-refractivity contribution in [3.63, 3.8) is 0 Å². The molecule has 0 bridgehead atoms. The Labute approximate surface area is 168 Å². The van der Waals surface area contributed by atoms with E-state index in [-0.39, 0.29) is 5.91 Å². The number of piperazine rings is 1. The second-order valence-corrected chi connectivity index (χ2v) is 8.35.